The molecule has 2 atom stereocenters. The Morgan fingerprint density at radius 1 is 1.16 bits per heavy atom. The number of aromatic nitrogens is 4. The van der Waals surface area contributed by atoms with Crippen LogP contribution >= 0.6 is 0 Å². The summed E-state index contributed by atoms with van der Waals surface area (Å²) in [5.41, 5.74) is 1.25. The second kappa shape index (κ2) is 10.6. The number of fused-ring (bicyclic) bond motifs is 1. The highest BCUT2D eigenvalue weighted by Crippen LogP contribution is 2.11. The van der Waals surface area contributed by atoms with Crippen molar-refractivity contribution in [2.75, 3.05) is 13.2 Å². The third-order valence-electron chi connectivity index (χ3n) is 5.32. The molecule has 0 bridgehead atoms. The molecule has 9 nitrogen and oxygen atoms in total. The number of ether oxygens (including phenoxy) is 1. The minimum atomic E-state index is -0.579. The van der Waals surface area contributed by atoms with E-state index in [0.717, 1.165) is 22.3 Å². The van der Waals surface area contributed by atoms with E-state index < -0.39 is 6.10 Å². The fourth-order valence-electron chi connectivity index (χ4n) is 3.31. The monoisotopic (exact) mass is 451 g/mol. The number of hydrogen-bond acceptors (Lipinski definition) is 5. The topological polar surface area (TPSA) is 108 Å². The van der Waals surface area contributed by atoms with Crippen molar-refractivity contribution in [2.45, 2.75) is 39.0 Å². The van der Waals surface area contributed by atoms with E-state index in [9.17, 15) is 14.7 Å². The molecular formula is C21H30ClN5O4. The Morgan fingerprint density at radius 3 is 2.52 bits per heavy atom. The van der Waals surface area contributed by atoms with Gasteiger partial charge in [0.05, 0.1) is 12.4 Å². The smallest absolute Gasteiger partial charge is 0.332 e. The number of halogens is 1. The summed E-state index contributed by atoms with van der Waals surface area (Å²) in [7, 11) is 3.08. The zero-order valence-corrected chi connectivity index (χ0v) is 19.0. The van der Waals surface area contributed by atoms with Crippen molar-refractivity contribution in [3.05, 3.63) is 57.0 Å². The van der Waals surface area contributed by atoms with E-state index in [1.165, 1.54) is 11.6 Å². The SMILES string of the molecule is Cc1ccc(OCC(O)C[NH2+]C(C)CCn2cnc3c2c(=O)n(C)c(=O)n3C)cc1.[Cl-]. The van der Waals surface area contributed by atoms with Gasteiger partial charge in [0.1, 0.15) is 25.0 Å². The molecular weight excluding hydrogens is 422 g/mol. The molecule has 0 saturated carbocycles. The van der Waals surface area contributed by atoms with E-state index in [1.807, 2.05) is 31.2 Å². The highest BCUT2D eigenvalue weighted by molar-refractivity contribution is 5.69. The molecule has 1 aromatic carbocycles. The summed E-state index contributed by atoms with van der Waals surface area (Å²) < 4.78 is 9.89. The quantitative estimate of drug-likeness (QED) is 0.351. The highest BCUT2D eigenvalue weighted by Gasteiger charge is 2.16. The van der Waals surface area contributed by atoms with Crippen LogP contribution < -0.4 is 33.7 Å². The van der Waals surface area contributed by atoms with Crippen LogP contribution in [-0.4, -0.2) is 49.1 Å². The van der Waals surface area contributed by atoms with Crippen molar-refractivity contribution in [2.24, 2.45) is 14.1 Å². The van der Waals surface area contributed by atoms with Gasteiger partial charge in [-0.2, -0.15) is 0 Å². The molecule has 2 aromatic heterocycles. The van der Waals surface area contributed by atoms with Crippen molar-refractivity contribution in [1.29, 1.82) is 0 Å². The molecule has 0 radical (unpaired) electrons. The second-order valence-corrected chi connectivity index (χ2v) is 7.83. The van der Waals surface area contributed by atoms with Crippen LogP contribution in [-0.2, 0) is 20.6 Å². The van der Waals surface area contributed by atoms with Crippen LogP contribution in [0.1, 0.15) is 18.9 Å². The maximum Gasteiger partial charge on any atom is 0.332 e. The number of quaternary nitrogens is 1. The molecule has 170 valence electrons. The van der Waals surface area contributed by atoms with Gasteiger partial charge in [0.25, 0.3) is 5.56 Å². The first-order valence-corrected chi connectivity index (χ1v) is 10.1. The van der Waals surface area contributed by atoms with Crippen LogP contribution in [0.5, 0.6) is 5.75 Å². The van der Waals surface area contributed by atoms with Gasteiger partial charge >= 0.3 is 5.69 Å². The lowest BCUT2D eigenvalue weighted by Gasteiger charge is -2.15. The second-order valence-electron chi connectivity index (χ2n) is 7.83. The molecule has 3 rings (SSSR count). The van der Waals surface area contributed by atoms with Crippen LogP contribution in [0.4, 0.5) is 0 Å². The van der Waals surface area contributed by atoms with Crippen molar-refractivity contribution in [3.63, 3.8) is 0 Å². The fourth-order valence-corrected chi connectivity index (χ4v) is 3.31. The minimum Gasteiger partial charge on any atom is -1.00 e. The first-order chi connectivity index (χ1) is 14.3. The first-order valence-electron chi connectivity index (χ1n) is 10.1. The van der Waals surface area contributed by atoms with E-state index in [2.05, 4.69) is 17.2 Å². The van der Waals surface area contributed by atoms with Crippen LogP contribution in [0.25, 0.3) is 11.2 Å². The highest BCUT2D eigenvalue weighted by atomic mass is 35.5. The van der Waals surface area contributed by atoms with Crippen LogP contribution in [0, 0.1) is 6.92 Å². The number of hydrogen-bond donors (Lipinski definition) is 2. The Labute approximate surface area is 186 Å². The Balaban J connectivity index is 0.00000341. The maximum atomic E-state index is 12.5. The van der Waals surface area contributed by atoms with E-state index in [1.54, 1.807) is 17.9 Å². The Bertz CT molecular complexity index is 1120. The van der Waals surface area contributed by atoms with Crippen LogP contribution in [0.15, 0.2) is 40.2 Å². The van der Waals surface area contributed by atoms with Crippen molar-refractivity contribution < 1.29 is 27.6 Å². The summed E-state index contributed by atoms with van der Waals surface area (Å²) >= 11 is 0. The van der Waals surface area contributed by atoms with Crippen molar-refractivity contribution >= 4 is 11.2 Å². The number of imidazole rings is 1. The minimum absolute atomic E-state index is 0. The van der Waals surface area contributed by atoms with Gasteiger partial charge in [-0.1, -0.05) is 17.7 Å². The number of aryl methyl sites for hydroxylation is 3. The van der Waals surface area contributed by atoms with E-state index >= 15 is 0 Å². The summed E-state index contributed by atoms with van der Waals surface area (Å²) in [5.74, 6) is 0.746. The van der Waals surface area contributed by atoms with Gasteiger partial charge in [0, 0.05) is 27.1 Å². The number of aliphatic hydroxyl groups is 1. The van der Waals surface area contributed by atoms with Gasteiger partial charge in [-0.25, -0.2) is 9.78 Å². The lowest BCUT2D eigenvalue weighted by molar-refractivity contribution is -0.692. The lowest BCUT2D eigenvalue weighted by Crippen LogP contribution is -3.00. The average molecular weight is 452 g/mol. The molecule has 0 spiro atoms. The number of rotatable bonds is 9. The summed E-state index contributed by atoms with van der Waals surface area (Å²) in [6, 6.07) is 7.96. The van der Waals surface area contributed by atoms with Gasteiger partial charge in [0.15, 0.2) is 11.2 Å². The molecule has 0 saturated heterocycles. The van der Waals surface area contributed by atoms with E-state index in [0.29, 0.717) is 24.3 Å². The Kier molecular flexibility index (Phi) is 8.43. The molecule has 3 N–H and O–H groups in total. The van der Waals surface area contributed by atoms with Gasteiger partial charge in [-0.15, -0.1) is 0 Å². The molecule has 0 aliphatic rings. The fraction of sp³-hybridized carbons (Fsp3) is 0.476. The van der Waals surface area contributed by atoms with Gasteiger partial charge in [-0.05, 0) is 26.0 Å². The predicted molar refractivity (Wildman–Crippen MR) is 114 cm³/mol. The van der Waals surface area contributed by atoms with Gasteiger partial charge < -0.3 is 32.1 Å². The molecule has 0 amide bonds. The molecule has 31 heavy (non-hydrogen) atoms. The van der Waals surface area contributed by atoms with Crippen molar-refractivity contribution in [1.82, 2.24) is 18.7 Å². The predicted octanol–water partition coefficient (Wildman–Crippen LogP) is -3.47. The first kappa shape index (κ1) is 24.6. The average Bonchev–Trinajstić information content (AvgIpc) is 3.17. The normalized spacial score (nSPS) is 13.1. The standard InChI is InChI=1S/C21H29N5O4.ClH/c1-14-5-7-17(8-6-14)30-12-16(27)11-22-15(2)9-10-26-13-23-19-18(26)20(28)25(4)21(29)24(19)3;/h5-8,13,15-16,22,27H,9-12H2,1-4H3;1H. The number of nitrogens with two attached hydrogens (primary N) is 1. The summed E-state index contributed by atoms with van der Waals surface area (Å²) in [5, 5.41) is 12.2. The molecule has 2 unspecified atom stereocenters. The van der Waals surface area contributed by atoms with Crippen molar-refractivity contribution in [3.8, 4) is 5.75 Å². The lowest BCUT2D eigenvalue weighted by atomic mass is 10.2. The summed E-state index contributed by atoms with van der Waals surface area (Å²) in [4.78, 5) is 28.7. The molecule has 0 aliphatic carbocycles. The molecule has 0 fully saturated rings. The molecule has 3 aromatic rings. The third-order valence-corrected chi connectivity index (χ3v) is 5.32. The Hall–Kier alpha value is -2.62. The molecule has 0 aliphatic heterocycles. The van der Waals surface area contributed by atoms with Crippen LogP contribution in [0.3, 0.4) is 0 Å². The molecule has 2 heterocycles. The third kappa shape index (κ3) is 5.75. The van der Waals surface area contributed by atoms with Gasteiger partial charge in [-0.3, -0.25) is 13.9 Å². The number of nitrogens with zero attached hydrogens (tertiary/aromatic N) is 4. The zero-order valence-electron chi connectivity index (χ0n) is 18.3. The van der Waals surface area contributed by atoms with Gasteiger partial charge in [0.2, 0.25) is 0 Å². The summed E-state index contributed by atoms with van der Waals surface area (Å²) in [6.07, 6.45) is 1.80. The largest absolute Gasteiger partial charge is 1.00 e. The summed E-state index contributed by atoms with van der Waals surface area (Å²) in [6.45, 7) is 5.44. The molecule has 10 heteroatoms. The number of benzene rings is 1. The zero-order chi connectivity index (χ0) is 21.8. The maximum absolute atomic E-state index is 12.5. The van der Waals surface area contributed by atoms with E-state index in [-0.39, 0.29) is 36.3 Å². The van der Waals surface area contributed by atoms with Crippen LogP contribution in [0.2, 0.25) is 0 Å². The number of aliphatic hydroxyl groups excluding tert-OH is 1. The Morgan fingerprint density at radius 2 is 1.84 bits per heavy atom. The van der Waals surface area contributed by atoms with E-state index in [4.69, 9.17) is 4.74 Å².